The molecule has 0 saturated heterocycles. The van der Waals surface area contributed by atoms with Crippen LogP contribution in [-0.2, 0) is 7.05 Å². The second-order valence-corrected chi connectivity index (χ2v) is 7.17. The molecule has 0 aliphatic rings. The van der Waals surface area contributed by atoms with Crippen LogP contribution in [0.5, 0.6) is 5.75 Å². The summed E-state index contributed by atoms with van der Waals surface area (Å²) in [6.45, 7) is 1.95. The van der Waals surface area contributed by atoms with Crippen molar-refractivity contribution in [1.82, 2.24) is 24.9 Å². The van der Waals surface area contributed by atoms with Gasteiger partial charge in [0.25, 0.3) is 17.0 Å². The lowest BCUT2D eigenvalue weighted by atomic mass is 10.0. The summed E-state index contributed by atoms with van der Waals surface area (Å²) in [6.07, 6.45) is 0.647. The molecule has 2 heterocycles. The first-order valence-electron chi connectivity index (χ1n) is 9.65. The van der Waals surface area contributed by atoms with E-state index in [1.165, 1.54) is 30.7 Å². The van der Waals surface area contributed by atoms with E-state index in [1.807, 2.05) is 37.3 Å². The minimum Gasteiger partial charge on any atom is -0.503 e. The van der Waals surface area contributed by atoms with Gasteiger partial charge in [-0.2, -0.15) is 5.10 Å². The molecular weight excluding hydrogens is 402 g/mol. The standard InChI is InChI=1S/C20H25N7O4/c1-5-12(11-9-7-6-8-10-11)21-13-14(19(30)24-23-18(13)29)22-17-16(28)15(25-27(17)4)20(31)26(2)3/h6-10,12,28H,5H2,1-4H3,(H2,21,24,30)(H2,22,23,29). The number of anilines is 3. The average molecular weight is 427 g/mol. The molecule has 11 nitrogen and oxygen atoms in total. The number of nitrogens with zero attached hydrogens (tertiary/aromatic N) is 3. The molecule has 31 heavy (non-hydrogen) atoms. The van der Waals surface area contributed by atoms with Crippen LogP contribution in [-0.4, -0.2) is 50.0 Å². The zero-order valence-electron chi connectivity index (χ0n) is 17.7. The van der Waals surface area contributed by atoms with Crippen LogP contribution in [0.4, 0.5) is 17.2 Å². The summed E-state index contributed by atoms with van der Waals surface area (Å²) in [7, 11) is 4.56. The topological polar surface area (TPSA) is 148 Å². The van der Waals surface area contributed by atoms with E-state index in [0.29, 0.717) is 6.42 Å². The smallest absolute Gasteiger partial charge is 0.288 e. The number of hydrogen-bond acceptors (Lipinski definition) is 7. The third kappa shape index (κ3) is 4.29. The van der Waals surface area contributed by atoms with Crippen LogP contribution in [0.15, 0.2) is 39.9 Å². The summed E-state index contributed by atoms with van der Waals surface area (Å²) in [5, 5.41) is 25.0. The number of aryl methyl sites for hydroxylation is 1. The maximum Gasteiger partial charge on any atom is 0.288 e. The molecule has 2 aromatic heterocycles. The van der Waals surface area contributed by atoms with Gasteiger partial charge in [0.2, 0.25) is 0 Å². The van der Waals surface area contributed by atoms with Crippen molar-refractivity contribution in [3.63, 3.8) is 0 Å². The number of rotatable bonds is 7. The van der Waals surface area contributed by atoms with Crippen molar-refractivity contribution >= 4 is 23.1 Å². The van der Waals surface area contributed by atoms with Gasteiger partial charge in [-0.15, -0.1) is 0 Å². The van der Waals surface area contributed by atoms with Gasteiger partial charge < -0.3 is 20.6 Å². The van der Waals surface area contributed by atoms with Crippen LogP contribution in [0.2, 0.25) is 0 Å². The quantitative estimate of drug-likeness (QED) is 0.384. The van der Waals surface area contributed by atoms with E-state index in [-0.39, 0.29) is 28.9 Å². The summed E-state index contributed by atoms with van der Waals surface area (Å²) in [5.74, 6) is -0.937. The van der Waals surface area contributed by atoms with Gasteiger partial charge in [-0.05, 0) is 12.0 Å². The number of benzene rings is 1. The molecule has 3 aromatic rings. The van der Waals surface area contributed by atoms with E-state index in [9.17, 15) is 19.5 Å². The van der Waals surface area contributed by atoms with Crippen molar-refractivity contribution in [3.05, 3.63) is 62.3 Å². The number of amides is 1. The number of carbonyl (C=O) groups excluding carboxylic acids is 1. The number of aromatic nitrogens is 4. The van der Waals surface area contributed by atoms with Crippen molar-refractivity contribution in [1.29, 1.82) is 0 Å². The minimum atomic E-state index is -0.619. The lowest BCUT2D eigenvalue weighted by Gasteiger charge is -2.20. The lowest BCUT2D eigenvalue weighted by molar-refractivity contribution is 0.0818. The van der Waals surface area contributed by atoms with Crippen molar-refractivity contribution in [2.45, 2.75) is 19.4 Å². The lowest BCUT2D eigenvalue weighted by Crippen LogP contribution is -2.27. The molecule has 1 unspecified atom stereocenters. The van der Waals surface area contributed by atoms with Crippen molar-refractivity contribution in [2.24, 2.45) is 7.05 Å². The first-order valence-corrected chi connectivity index (χ1v) is 9.65. The molecule has 11 heteroatoms. The van der Waals surface area contributed by atoms with Crippen LogP contribution in [0.3, 0.4) is 0 Å². The second-order valence-electron chi connectivity index (χ2n) is 7.17. The molecule has 0 aliphatic heterocycles. The molecule has 0 fully saturated rings. The number of aromatic hydroxyl groups is 1. The summed E-state index contributed by atoms with van der Waals surface area (Å²) in [5.41, 5.74) is -0.519. The summed E-state index contributed by atoms with van der Waals surface area (Å²) >= 11 is 0. The average Bonchev–Trinajstić information content (AvgIpc) is 3.04. The van der Waals surface area contributed by atoms with E-state index < -0.39 is 22.8 Å². The first-order chi connectivity index (χ1) is 14.7. The highest BCUT2D eigenvalue weighted by atomic mass is 16.3. The van der Waals surface area contributed by atoms with Crippen LogP contribution in [0.1, 0.15) is 35.4 Å². The molecule has 1 atom stereocenters. The molecule has 0 bridgehead atoms. The highest BCUT2D eigenvalue weighted by Crippen LogP contribution is 2.31. The predicted molar refractivity (Wildman–Crippen MR) is 117 cm³/mol. The summed E-state index contributed by atoms with van der Waals surface area (Å²) in [4.78, 5) is 38.6. The van der Waals surface area contributed by atoms with Gasteiger partial charge >= 0.3 is 0 Å². The fourth-order valence-corrected chi connectivity index (χ4v) is 3.13. The first kappa shape index (κ1) is 21.7. The van der Waals surface area contributed by atoms with Gasteiger partial charge in [-0.3, -0.25) is 24.6 Å². The van der Waals surface area contributed by atoms with Gasteiger partial charge in [0, 0.05) is 21.1 Å². The molecule has 0 aliphatic carbocycles. The molecule has 0 saturated carbocycles. The highest BCUT2D eigenvalue weighted by molar-refractivity contribution is 5.96. The Labute approximate surface area is 177 Å². The largest absolute Gasteiger partial charge is 0.503 e. The van der Waals surface area contributed by atoms with Crippen molar-refractivity contribution < 1.29 is 9.90 Å². The Morgan fingerprint density at radius 1 is 1.16 bits per heavy atom. The number of nitrogens with one attached hydrogen (secondary N) is 4. The van der Waals surface area contributed by atoms with Crippen molar-refractivity contribution in [3.8, 4) is 5.75 Å². The van der Waals surface area contributed by atoms with Gasteiger partial charge in [0.05, 0.1) is 6.04 Å². The van der Waals surface area contributed by atoms with Gasteiger partial charge in [-0.1, -0.05) is 37.3 Å². The third-order valence-electron chi connectivity index (χ3n) is 4.80. The van der Waals surface area contributed by atoms with E-state index in [2.05, 4.69) is 25.9 Å². The Balaban J connectivity index is 2.04. The Hall–Kier alpha value is -4.02. The zero-order valence-corrected chi connectivity index (χ0v) is 17.7. The Bertz CT molecular complexity index is 1190. The number of aromatic amines is 2. The molecule has 1 aromatic carbocycles. The Morgan fingerprint density at radius 2 is 1.77 bits per heavy atom. The number of H-pyrrole nitrogens is 2. The van der Waals surface area contributed by atoms with Crippen LogP contribution in [0, 0.1) is 0 Å². The second kappa shape index (κ2) is 8.78. The maximum absolute atomic E-state index is 12.6. The SMILES string of the molecule is CCC(Nc1c(Nc2c(O)c(C(=O)N(C)C)nn2C)c(=O)[nH][nH]c1=O)c1ccccc1. The molecule has 0 spiro atoms. The monoisotopic (exact) mass is 427 g/mol. The Morgan fingerprint density at radius 3 is 2.35 bits per heavy atom. The normalized spacial score (nSPS) is 11.7. The van der Waals surface area contributed by atoms with Gasteiger partial charge in [-0.25, -0.2) is 4.68 Å². The van der Waals surface area contributed by atoms with E-state index in [4.69, 9.17) is 0 Å². The minimum absolute atomic E-state index is 0.000499. The molecular formula is C20H25N7O4. The van der Waals surface area contributed by atoms with Crippen LogP contribution in [0.25, 0.3) is 0 Å². The molecule has 164 valence electrons. The molecule has 5 N–H and O–H groups in total. The van der Waals surface area contributed by atoms with Gasteiger partial charge in [0.1, 0.15) is 11.4 Å². The molecule has 3 rings (SSSR count). The summed E-state index contributed by atoms with van der Waals surface area (Å²) < 4.78 is 1.23. The Kier molecular flexibility index (Phi) is 6.14. The van der Waals surface area contributed by atoms with Gasteiger partial charge in [0.15, 0.2) is 17.3 Å². The predicted octanol–water partition coefficient (Wildman–Crippen LogP) is 1.51. The zero-order chi connectivity index (χ0) is 22.7. The van der Waals surface area contributed by atoms with E-state index in [1.54, 1.807) is 0 Å². The van der Waals surface area contributed by atoms with Crippen molar-refractivity contribution in [2.75, 3.05) is 24.7 Å². The highest BCUT2D eigenvalue weighted by Gasteiger charge is 2.25. The molecule has 0 radical (unpaired) electrons. The third-order valence-corrected chi connectivity index (χ3v) is 4.80. The van der Waals surface area contributed by atoms with Crippen LogP contribution >= 0.6 is 0 Å². The van der Waals surface area contributed by atoms with E-state index in [0.717, 1.165) is 5.56 Å². The fourth-order valence-electron chi connectivity index (χ4n) is 3.13. The van der Waals surface area contributed by atoms with Crippen LogP contribution < -0.4 is 21.8 Å². The molecule has 1 amide bonds. The summed E-state index contributed by atoms with van der Waals surface area (Å²) in [6, 6.07) is 9.26. The maximum atomic E-state index is 12.6. The number of carbonyl (C=O) groups is 1. The number of hydrogen-bond donors (Lipinski definition) is 5. The fraction of sp³-hybridized carbons (Fsp3) is 0.300. The van der Waals surface area contributed by atoms with E-state index >= 15 is 0 Å².